The third kappa shape index (κ3) is 0.932. The Labute approximate surface area is 75.3 Å². The third-order valence-electron chi connectivity index (χ3n) is 2.31. The summed E-state index contributed by atoms with van der Waals surface area (Å²) in [4.78, 5) is 4.27. The summed E-state index contributed by atoms with van der Waals surface area (Å²) in [6, 6.07) is 3.98. The molecule has 0 saturated heterocycles. The lowest BCUT2D eigenvalue weighted by Crippen LogP contribution is -1.85. The van der Waals surface area contributed by atoms with Crippen molar-refractivity contribution in [3.8, 4) is 5.75 Å². The minimum absolute atomic E-state index is 0.707. The van der Waals surface area contributed by atoms with Crippen LogP contribution in [0.2, 0.25) is 0 Å². The molecule has 66 valence electrons. The lowest BCUT2D eigenvalue weighted by atomic mass is 10.1. The van der Waals surface area contributed by atoms with Crippen LogP contribution < -0.4 is 4.74 Å². The van der Waals surface area contributed by atoms with E-state index in [0.717, 1.165) is 29.9 Å². The Morgan fingerprint density at radius 1 is 1.38 bits per heavy atom. The Balaban J connectivity index is 2.35. The standard InChI is InChI=1S/C10H9NO2/c1-6-11-8-4-7-2-3-12-9(7)5-10(8)13-6/h4-5H,2-3H2,1H3. The largest absolute Gasteiger partial charge is 0.493 e. The minimum atomic E-state index is 0.707. The summed E-state index contributed by atoms with van der Waals surface area (Å²) in [6.07, 6.45) is 0.983. The second-order valence-corrected chi connectivity index (χ2v) is 3.26. The summed E-state index contributed by atoms with van der Waals surface area (Å²) >= 11 is 0. The molecule has 13 heavy (non-hydrogen) atoms. The van der Waals surface area contributed by atoms with Crippen LogP contribution >= 0.6 is 0 Å². The van der Waals surface area contributed by atoms with Crippen molar-refractivity contribution in [2.45, 2.75) is 13.3 Å². The Kier molecular flexibility index (Phi) is 1.20. The van der Waals surface area contributed by atoms with E-state index in [1.54, 1.807) is 0 Å². The highest BCUT2D eigenvalue weighted by Gasteiger charge is 2.15. The summed E-state index contributed by atoms with van der Waals surface area (Å²) in [7, 11) is 0. The maximum Gasteiger partial charge on any atom is 0.192 e. The molecule has 0 fully saturated rings. The normalized spacial score (nSPS) is 14.5. The van der Waals surface area contributed by atoms with E-state index in [0.29, 0.717) is 5.89 Å². The van der Waals surface area contributed by atoms with Crippen LogP contribution in [0.5, 0.6) is 5.75 Å². The van der Waals surface area contributed by atoms with Gasteiger partial charge in [0.05, 0.1) is 6.61 Å². The van der Waals surface area contributed by atoms with E-state index in [2.05, 4.69) is 4.98 Å². The highest BCUT2D eigenvalue weighted by atomic mass is 16.5. The zero-order valence-electron chi connectivity index (χ0n) is 7.33. The number of aromatic nitrogens is 1. The van der Waals surface area contributed by atoms with E-state index in [1.165, 1.54) is 5.56 Å². The summed E-state index contributed by atoms with van der Waals surface area (Å²) < 4.78 is 10.8. The van der Waals surface area contributed by atoms with Gasteiger partial charge in [-0.15, -0.1) is 0 Å². The fourth-order valence-corrected chi connectivity index (χ4v) is 1.71. The number of oxazole rings is 1. The Morgan fingerprint density at radius 3 is 3.23 bits per heavy atom. The highest BCUT2D eigenvalue weighted by molar-refractivity contribution is 5.76. The van der Waals surface area contributed by atoms with E-state index in [-0.39, 0.29) is 0 Å². The van der Waals surface area contributed by atoms with Crippen molar-refractivity contribution < 1.29 is 9.15 Å². The monoisotopic (exact) mass is 175 g/mol. The number of rotatable bonds is 0. The number of hydrogen-bond acceptors (Lipinski definition) is 3. The molecule has 2 heterocycles. The molecule has 0 N–H and O–H groups in total. The van der Waals surface area contributed by atoms with Crippen LogP contribution in [0, 0.1) is 6.92 Å². The first-order valence-electron chi connectivity index (χ1n) is 4.36. The highest BCUT2D eigenvalue weighted by Crippen LogP contribution is 2.30. The van der Waals surface area contributed by atoms with Gasteiger partial charge in [-0.3, -0.25) is 0 Å². The molecule has 1 aromatic heterocycles. The maximum absolute atomic E-state index is 5.43. The first-order chi connectivity index (χ1) is 6.33. The quantitative estimate of drug-likeness (QED) is 0.614. The molecular weight excluding hydrogens is 166 g/mol. The lowest BCUT2D eigenvalue weighted by molar-refractivity contribution is 0.356. The van der Waals surface area contributed by atoms with Crippen LogP contribution in [-0.2, 0) is 6.42 Å². The first-order valence-corrected chi connectivity index (χ1v) is 4.36. The van der Waals surface area contributed by atoms with Crippen molar-refractivity contribution in [3.05, 3.63) is 23.6 Å². The van der Waals surface area contributed by atoms with E-state index in [1.807, 2.05) is 19.1 Å². The van der Waals surface area contributed by atoms with Gasteiger partial charge in [0.1, 0.15) is 11.3 Å². The first kappa shape index (κ1) is 6.95. The molecule has 3 heteroatoms. The van der Waals surface area contributed by atoms with Crippen LogP contribution in [0.4, 0.5) is 0 Å². The van der Waals surface area contributed by atoms with Crippen molar-refractivity contribution in [1.82, 2.24) is 4.98 Å². The van der Waals surface area contributed by atoms with Crippen LogP contribution in [-0.4, -0.2) is 11.6 Å². The minimum Gasteiger partial charge on any atom is -0.493 e. The number of ether oxygens (including phenoxy) is 1. The third-order valence-corrected chi connectivity index (χ3v) is 2.31. The molecule has 3 nitrogen and oxygen atoms in total. The van der Waals surface area contributed by atoms with Crippen molar-refractivity contribution in [1.29, 1.82) is 0 Å². The van der Waals surface area contributed by atoms with Gasteiger partial charge in [-0.2, -0.15) is 0 Å². The predicted molar refractivity (Wildman–Crippen MR) is 47.9 cm³/mol. The zero-order chi connectivity index (χ0) is 8.84. The molecule has 0 unspecified atom stereocenters. The van der Waals surface area contributed by atoms with Crippen LogP contribution in [0.3, 0.4) is 0 Å². The molecule has 0 atom stereocenters. The Bertz CT molecular complexity index is 432. The predicted octanol–water partition coefficient (Wildman–Crippen LogP) is 2.07. The van der Waals surface area contributed by atoms with Crippen molar-refractivity contribution in [2.24, 2.45) is 0 Å². The van der Waals surface area contributed by atoms with Gasteiger partial charge < -0.3 is 9.15 Å². The molecule has 0 bridgehead atoms. The molecule has 3 rings (SSSR count). The van der Waals surface area contributed by atoms with Crippen LogP contribution in [0.15, 0.2) is 16.5 Å². The Morgan fingerprint density at radius 2 is 2.31 bits per heavy atom. The molecule has 0 spiro atoms. The van der Waals surface area contributed by atoms with Gasteiger partial charge in [-0.05, 0) is 11.6 Å². The molecule has 1 aromatic carbocycles. The Hall–Kier alpha value is -1.51. The summed E-state index contributed by atoms with van der Waals surface area (Å²) in [5.74, 6) is 1.65. The van der Waals surface area contributed by atoms with Crippen LogP contribution in [0.25, 0.3) is 11.1 Å². The van der Waals surface area contributed by atoms with Crippen molar-refractivity contribution >= 4 is 11.1 Å². The smallest absolute Gasteiger partial charge is 0.192 e. The van der Waals surface area contributed by atoms with E-state index >= 15 is 0 Å². The zero-order valence-corrected chi connectivity index (χ0v) is 7.33. The number of nitrogens with zero attached hydrogens (tertiary/aromatic N) is 1. The van der Waals surface area contributed by atoms with E-state index in [9.17, 15) is 0 Å². The average molecular weight is 175 g/mol. The van der Waals surface area contributed by atoms with E-state index in [4.69, 9.17) is 9.15 Å². The van der Waals surface area contributed by atoms with Gasteiger partial charge in [-0.25, -0.2) is 4.98 Å². The lowest BCUT2D eigenvalue weighted by Gasteiger charge is -1.95. The maximum atomic E-state index is 5.43. The second-order valence-electron chi connectivity index (χ2n) is 3.26. The number of aryl methyl sites for hydroxylation is 1. The molecule has 0 radical (unpaired) electrons. The van der Waals surface area contributed by atoms with Gasteiger partial charge in [-0.1, -0.05) is 0 Å². The molecule has 1 aliphatic heterocycles. The number of hydrogen-bond donors (Lipinski definition) is 0. The molecule has 2 aromatic rings. The molecule has 0 aliphatic carbocycles. The van der Waals surface area contributed by atoms with Gasteiger partial charge in [0.25, 0.3) is 0 Å². The summed E-state index contributed by atoms with van der Waals surface area (Å²) in [5.41, 5.74) is 2.99. The average Bonchev–Trinajstić information content (AvgIpc) is 2.63. The van der Waals surface area contributed by atoms with Gasteiger partial charge >= 0.3 is 0 Å². The fraction of sp³-hybridized carbons (Fsp3) is 0.300. The number of fused-ring (bicyclic) bond motifs is 2. The molecule has 0 amide bonds. The van der Waals surface area contributed by atoms with Gasteiger partial charge in [0.15, 0.2) is 11.5 Å². The summed E-state index contributed by atoms with van der Waals surface area (Å²) in [6.45, 7) is 2.63. The second kappa shape index (κ2) is 2.25. The molecule has 1 aliphatic rings. The molecular formula is C10H9NO2. The van der Waals surface area contributed by atoms with Gasteiger partial charge in [0, 0.05) is 19.4 Å². The SMILES string of the molecule is Cc1nc2cc3c(cc2o1)OCC3. The van der Waals surface area contributed by atoms with Gasteiger partial charge in [0.2, 0.25) is 0 Å². The van der Waals surface area contributed by atoms with Crippen LogP contribution in [0.1, 0.15) is 11.5 Å². The number of benzene rings is 1. The molecule has 0 saturated carbocycles. The van der Waals surface area contributed by atoms with Crippen molar-refractivity contribution in [3.63, 3.8) is 0 Å². The summed E-state index contributed by atoms with van der Waals surface area (Å²) in [5, 5.41) is 0. The fourth-order valence-electron chi connectivity index (χ4n) is 1.71. The van der Waals surface area contributed by atoms with E-state index < -0.39 is 0 Å². The van der Waals surface area contributed by atoms with Crippen molar-refractivity contribution in [2.75, 3.05) is 6.61 Å². The topological polar surface area (TPSA) is 35.3 Å².